The molecular weight excluding hydrogens is 152 g/mol. The van der Waals surface area contributed by atoms with Gasteiger partial charge in [0.25, 0.3) is 0 Å². The fourth-order valence-electron chi connectivity index (χ4n) is 1.66. The fourth-order valence-corrected chi connectivity index (χ4v) is 1.66. The average Bonchev–Trinajstić information content (AvgIpc) is 2.14. The Morgan fingerprint density at radius 3 is 2.42 bits per heavy atom. The number of ether oxygens (including phenoxy) is 1. The Morgan fingerprint density at radius 1 is 1.00 bits per heavy atom. The summed E-state index contributed by atoms with van der Waals surface area (Å²) in [6.45, 7) is 1.03. The zero-order chi connectivity index (χ0) is 8.65. The van der Waals surface area contributed by atoms with Gasteiger partial charge in [-0.3, -0.25) is 0 Å². The summed E-state index contributed by atoms with van der Waals surface area (Å²) in [4.78, 5) is 0. The maximum atomic E-state index is 8.95. The molecule has 1 fully saturated rings. The first-order valence-electron chi connectivity index (χ1n) is 5.16. The van der Waals surface area contributed by atoms with Crippen LogP contribution < -0.4 is 0 Å². The lowest BCUT2D eigenvalue weighted by Crippen LogP contribution is -2.18. The Bertz CT molecular complexity index is 94.0. The Kier molecular flexibility index (Phi) is 5.37. The normalized spacial score (nSPS) is 28.2. The minimum Gasteiger partial charge on any atom is -0.394 e. The van der Waals surface area contributed by atoms with E-state index in [9.17, 15) is 0 Å². The summed E-state index contributed by atoms with van der Waals surface area (Å²) in [7, 11) is 0. The summed E-state index contributed by atoms with van der Waals surface area (Å²) in [6.07, 6.45) is 8.84. The van der Waals surface area contributed by atoms with E-state index in [2.05, 4.69) is 0 Å². The lowest BCUT2D eigenvalue weighted by molar-refractivity contribution is 0.00350. The molecule has 1 N–H and O–H groups in total. The van der Waals surface area contributed by atoms with Crippen LogP contribution in [0.15, 0.2) is 0 Å². The minimum absolute atomic E-state index is 0.114. The molecule has 0 spiro atoms. The van der Waals surface area contributed by atoms with Gasteiger partial charge in [0.1, 0.15) is 0 Å². The summed E-state index contributed by atoms with van der Waals surface area (Å²) in [6, 6.07) is 0. The van der Waals surface area contributed by atoms with Gasteiger partial charge in [-0.05, 0) is 12.8 Å². The molecular formula is C10H20O2. The Labute approximate surface area is 74.9 Å². The van der Waals surface area contributed by atoms with Gasteiger partial charge in [-0.1, -0.05) is 32.1 Å². The summed E-state index contributed by atoms with van der Waals surface area (Å²) < 4.78 is 5.52. The van der Waals surface area contributed by atoms with Crippen LogP contribution in [0.2, 0.25) is 0 Å². The lowest BCUT2D eigenvalue weighted by atomic mass is 10.1. The van der Waals surface area contributed by atoms with Gasteiger partial charge in [-0.15, -0.1) is 0 Å². The number of hydrogen-bond donors (Lipinski definition) is 1. The molecule has 72 valence electrons. The van der Waals surface area contributed by atoms with Gasteiger partial charge >= 0.3 is 0 Å². The Hall–Kier alpha value is -0.0800. The Morgan fingerprint density at radius 2 is 1.67 bits per heavy atom. The van der Waals surface area contributed by atoms with Crippen LogP contribution in [0.3, 0.4) is 0 Å². The molecule has 1 atom stereocenters. The van der Waals surface area contributed by atoms with E-state index in [1.165, 1.54) is 32.1 Å². The predicted molar refractivity (Wildman–Crippen MR) is 49.1 cm³/mol. The highest BCUT2D eigenvalue weighted by atomic mass is 16.5. The lowest BCUT2D eigenvalue weighted by Gasteiger charge is -2.16. The number of aliphatic hydroxyl groups excluding tert-OH is 1. The third kappa shape index (κ3) is 4.07. The molecule has 0 amide bonds. The van der Waals surface area contributed by atoms with Crippen LogP contribution in [0.5, 0.6) is 0 Å². The zero-order valence-electron chi connectivity index (χ0n) is 7.80. The molecule has 2 nitrogen and oxygen atoms in total. The molecule has 1 unspecified atom stereocenters. The largest absolute Gasteiger partial charge is 0.394 e. The van der Waals surface area contributed by atoms with Crippen molar-refractivity contribution in [3.05, 3.63) is 0 Å². The van der Waals surface area contributed by atoms with E-state index >= 15 is 0 Å². The van der Waals surface area contributed by atoms with Crippen molar-refractivity contribution in [3.63, 3.8) is 0 Å². The highest BCUT2D eigenvalue weighted by molar-refractivity contribution is 4.58. The average molecular weight is 172 g/mol. The van der Waals surface area contributed by atoms with Crippen molar-refractivity contribution < 1.29 is 9.84 Å². The van der Waals surface area contributed by atoms with Gasteiger partial charge in [-0.2, -0.15) is 0 Å². The van der Waals surface area contributed by atoms with Crippen molar-refractivity contribution >= 4 is 0 Å². The van der Waals surface area contributed by atoms with Crippen LogP contribution in [0.25, 0.3) is 0 Å². The number of aliphatic hydroxyl groups is 1. The first-order valence-corrected chi connectivity index (χ1v) is 5.16. The highest BCUT2D eigenvalue weighted by Crippen LogP contribution is 2.13. The third-order valence-corrected chi connectivity index (χ3v) is 2.48. The molecule has 0 radical (unpaired) electrons. The predicted octanol–water partition coefficient (Wildman–Crippen LogP) is 2.11. The van der Waals surface area contributed by atoms with E-state index < -0.39 is 0 Å². The van der Waals surface area contributed by atoms with Gasteiger partial charge in [0.15, 0.2) is 0 Å². The molecule has 12 heavy (non-hydrogen) atoms. The monoisotopic (exact) mass is 172 g/mol. The summed E-state index contributed by atoms with van der Waals surface area (Å²) in [5.41, 5.74) is 0. The second-order valence-electron chi connectivity index (χ2n) is 3.59. The Balaban J connectivity index is 2.17. The van der Waals surface area contributed by atoms with Gasteiger partial charge in [0.2, 0.25) is 0 Å². The van der Waals surface area contributed by atoms with E-state index in [1.54, 1.807) is 0 Å². The molecule has 2 heteroatoms. The summed E-state index contributed by atoms with van der Waals surface area (Å²) in [5, 5.41) is 8.95. The molecule has 0 aromatic rings. The first kappa shape index (κ1) is 10.0. The number of hydrogen-bond acceptors (Lipinski definition) is 2. The van der Waals surface area contributed by atoms with E-state index in [0.717, 1.165) is 19.4 Å². The van der Waals surface area contributed by atoms with Gasteiger partial charge in [-0.25, -0.2) is 0 Å². The van der Waals surface area contributed by atoms with E-state index in [1.807, 2.05) is 0 Å². The zero-order valence-corrected chi connectivity index (χ0v) is 7.80. The van der Waals surface area contributed by atoms with Crippen LogP contribution in [0.4, 0.5) is 0 Å². The molecule has 0 bridgehead atoms. The van der Waals surface area contributed by atoms with Crippen molar-refractivity contribution in [1.29, 1.82) is 0 Å². The molecule has 1 aliphatic rings. The molecule has 0 aromatic carbocycles. The highest BCUT2D eigenvalue weighted by Gasteiger charge is 2.08. The van der Waals surface area contributed by atoms with Crippen molar-refractivity contribution in [2.45, 2.75) is 51.0 Å². The maximum Gasteiger partial charge on any atom is 0.0805 e. The van der Waals surface area contributed by atoms with Crippen LogP contribution in [0, 0.1) is 0 Å². The fraction of sp³-hybridized carbons (Fsp3) is 1.00. The van der Waals surface area contributed by atoms with Crippen molar-refractivity contribution in [1.82, 2.24) is 0 Å². The second kappa shape index (κ2) is 6.44. The van der Waals surface area contributed by atoms with Crippen molar-refractivity contribution in [3.8, 4) is 0 Å². The first-order chi connectivity index (χ1) is 5.93. The molecule has 1 saturated heterocycles. The summed E-state index contributed by atoms with van der Waals surface area (Å²) >= 11 is 0. The third-order valence-electron chi connectivity index (χ3n) is 2.48. The van der Waals surface area contributed by atoms with Crippen LogP contribution in [0.1, 0.15) is 44.9 Å². The van der Waals surface area contributed by atoms with E-state index in [4.69, 9.17) is 9.84 Å². The second-order valence-corrected chi connectivity index (χ2v) is 3.59. The summed E-state index contributed by atoms with van der Waals surface area (Å²) in [5.74, 6) is 0. The number of rotatable bonds is 1. The van der Waals surface area contributed by atoms with Crippen molar-refractivity contribution in [2.75, 3.05) is 13.2 Å². The molecule has 0 saturated carbocycles. The van der Waals surface area contributed by atoms with Gasteiger partial charge in [0, 0.05) is 6.61 Å². The van der Waals surface area contributed by atoms with Crippen LogP contribution in [-0.2, 0) is 4.74 Å². The SMILES string of the molecule is OCC1CCCCCCCCO1. The smallest absolute Gasteiger partial charge is 0.0805 e. The van der Waals surface area contributed by atoms with Crippen LogP contribution in [-0.4, -0.2) is 24.4 Å². The molecule has 1 aliphatic heterocycles. The quantitative estimate of drug-likeness (QED) is 0.656. The van der Waals surface area contributed by atoms with Gasteiger partial charge in [0.05, 0.1) is 12.7 Å². The van der Waals surface area contributed by atoms with E-state index in [-0.39, 0.29) is 12.7 Å². The molecule has 0 aromatic heterocycles. The molecule has 1 rings (SSSR count). The van der Waals surface area contributed by atoms with Gasteiger partial charge < -0.3 is 9.84 Å². The van der Waals surface area contributed by atoms with E-state index in [0.29, 0.717) is 0 Å². The van der Waals surface area contributed by atoms with Crippen molar-refractivity contribution in [2.24, 2.45) is 0 Å². The molecule has 0 aliphatic carbocycles. The standard InChI is InChI=1S/C10H20O2/c11-9-10-7-5-3-1-2-4-6-8-12-10/h10-11H,1-9H2. The maximum absolute atomic E-state index is 8.95. The topological polar surface area (TPSA) is 29.5 Å². The molecule has 1 heterocycles. The van der Waals surface area contributed by atoms with Crippen LogP contribution >= 0.6 is 0 Å². The minimum atomic E-state index is 0.114.